The van der Waals surface area contributed by atoms with E-state index in [2.05, 4.69) is 11.8 Å². The van der Waals surface area contributed by atoms with Crippen LogP contribution in [-0.4, -0.2) is 0 Å². The van der Waals surface area contributed by atoms with Gasteiger partial charge in [0.05, 0.1) is 0 Å². The Morgan fingerprint density at radius 3 is 1.00 bits per heavy atom. The summed E-state index contributed by atoms with van der Waals surface area (Å²) in [5.74, 6) is 0. The van der Waals surface area contributed by atoms with Gasteiger partial charge in [-0.25, -0.2) is 0 Å². The number of hydrogen-bond donors (Lipinski definition) is 0. The number of halogens is 3. The zero-order valence-electron chi connectivity index (χ0n) is 2.34. The Hall–Kier alpha value is 1.71. The van der Waals surface area contributed by atoms with Crippen molar-refractivity contribution in [2.75, 3.05) is 0 Å². The van der Waals surface area contributed by atoms with Crippen molar-refractivity contribution in [2.45, 2.75) is 0 Å². The van der Waals surface area contributed by atoms with Crippen LogP contribution in [0.5, 0.6) is 0 Å². The average molecular weight is 220 g/mol. The van der Waals surface area contributed by atoms with Crippen LogP contribution in [0.25, 0.3) is 0 Å². The van der Waals surface area contributed by atoms with Gasteiger partial charge in [-0.15, -0.1) is 53.6 Å². The maximum Gasteiger partial charge on any atom is -0.0810 e. The standard InChI is InChI=1S/BrH.2ClH.H3PS/c;;;1-2/h3*1H;1H3. The molecule has 5 heteroatoms. The second kappa shape index (κ2) is 43.3. The SMILES string of the molecule is Br.Cl.Cl.[PH3]=S. The van der Waals surface area contributed by atoms with Gasteiger partial charge in [0.15, 0.2) is 0 Å². The first-order valence-corrected chi connectivity index (χ1v) is 2.60. The lowest BCUT2D eigenvalue weighted by Gasteiger charge is -0.802. The fourth-order valence-electron chi connectivity index (χ4n) is 0. The molecule has 0 aromatic carbocycles. The molecule has 0 amide bonds. The van der Waals surface area contributed by atoms with Crippen molar-refractivity contribution < 1.29 is 0 Å². The number of rotatable bonds is 0. The van der Waals surface area contributed by atoms with Crippen molar-refractivity contribution in [3.05, 3.63) is 0 Å². The van der Waals surface area contributed by atoms with E-state index in [4.69, 9.17) is 0 Å². The summed E-state index contributed by atoms with van der Waals surface area (Å²) in [7, 11) is 1.44. The van der Waals surface area contributed by atoms with Gasteiger partial charge in [0, 0.05) is 0 Å². The Labute approximate surface area is 61.6 Å². The van der Waals surface area contributed by atoms with Crippen LogP contribution in [0.15, 0.2) is 0 Å². The minimum atomic E-state index is 0. The van der Waals surface area contributed by atoms with Crippen molar-refractivity contribution in [3.8, 4) is 0 Å². The largest absolute Gasteiger partial charge is 0.147 e. The second-order valence-corrected chi connectivity index (χ2v) is 0. The van der Waals surface area contributed by atoms with E-state index in [-0.39, 0.29) is 41.8 Å². The predicted octanol–water partition coefficient (Wildman–Crippen LogP) is 1.48. The molecule has 0 saturated heterocycles. The van der Waals surface area contributed by atoms with Gasteiger partial charge in [0.1, 0.15) is 0 Å². The van der Waals surface area contributed by atoms with Gasteiger partial charge < -0.3 is 0 Å². The molecule has 0 radical (unpaired) electrons. The molecule has 0 aliphatic carbocycles. The van der Waals surface area contributed by atoms with Crippen molar-refractivity contribution in [3.63, 3.8) is 0 Å². The van der Waals surface area contributed by atoms with E-state index in [1.807, 2.05) is 0 Å². The molecular formula is H6BrCl2PS. The summed E-state index contributed by atoms with van der Waals surface area (Å²) in [6.45, 7) is 0. The monoisotopic (exact) mass is 218 g/mol. The molecular weight excluding hydrogens is 214 g/mol. The predicted molar refractivity (Wildman–Crippen MR) is 43.3 cm³/mol. The first-order chi connectivity index (χ1) is 1.00. The Morgan fingerprint density at radius 1 is 1.00 bits per heavy atom. The Morgan fingerprint density at radius 2 is 1.00 bits per heavy atom. The van der Waals surface area contributed by atoms with Gasteiger partial charge in [-0.2, -0.15) is 0 Å². The first-order valence-electron chi connectivity index (χ1n) is 0.289. The number of hydrogen-bond acceptors (Lipinski definition) is 1. The summed E-state index contributed by atoms with van der Waals surface area (Å²) < 4.78 is 0. The van der Waals surface area contributed by atoms with Gasteiger partial charge in [0.2, 0.25) is 0 Å². The molecule has 0 aliphatic rings. The fraction of sp³-hybridized carbons (Fsp3) is 0. The first kappa shape index (κ1) is 29.8. The minimum Gasteiger partial charge on any atom is -0.147 e. The summed E-state index contributed by atoms with van der Waals surface area (Å²) in [5, 5.41) is 0. The molecule has 0 aromatic heterocycles. The van der Waals surface area contributed by atoms with Crippen LogP contribution in [0.4, 0.5) is 0 Å². The van der Waals surface area contributed by atoms with Gasteiger partial charge >= 0.3 is 0 Å². The lowest BCUT2D eigenvalue weighted by molar-refractivity contribution is 5.85. The third-order valence-electron chi connectivity index (χ3n) is 0. The molecule has 0 bridgehead atoms. The molecule has 1 atom stereocenters. The summed E-state index contributed by atoms with van der Waals surface area (Å²) in [6, 6.07) is 0. The van der Waals surface area contributed by atoms with E-state index >= 15 is 0 Å². The van der Waals surface area contributed by atoms with Crippen LogP contribution in [0.2, 0.25) is 0 Å². The normalized spacial score (nSPS) is 1.60. The maximum absolute atomic E-state index is 4.11. The fourth-order valence-corrected chi connectivity index (χ4v) is 0. The Bertz CT molecular complexity index is 9.61. The smallest absolute Gasteiger partial charge is 0.0810 e. The van der Waals surface area contributed by atoms with Gasteiger partial charge in [0.25, 0.3) is 0 Å². The Kier molecular flexibility index (Phi) is 258. The van der Waals surface area contributed by atoms with Crippen molar-refractivity contribution >= 4 is 61.6 Å². The summed E-state index contributed by atoms with van der Waals surface area (Å²) in [4.78, 5) is 0. The summed E-state index contributed by atoms with van der Waals surface area (Å²) in [6.07, 6.45) is 0. The molecule has 0 N–H and O–H groups in total. The molecule has 5 heavy (non-hydrogen) atoms. The molecule has 38 valence electrons. The summed E-state index contributed by atoms with van der Waals surface area (Å²) in [5.41, 5.74) is 0. The zero-order chi connectivity index (χ0) is 2.00. The van der Waals surface area contributed by atoms with Crippen LogP contribution in [0.3, 0.4) is 0 Å². The van der Waals surface area contributed by atoms with E-state index < -0.39 is 0 Å². The lowest BCUT2D eigenvalue weighted by Crippen LogP contribution is -0.399. The van der Waals surface area contributed by atoms with Crippen molar-refractivity contribution in [2.24, 2.45) is 0 Å². The highest BCUT2D eigenvalue weighted by Crippen LogP contribution is 1.26. The third kappa shape index (κ3) is 26.9. The van der Waals surface area contributed by atoms with Crippen LogP contribution >= 0.6 is 49.8 Å². The van der Waals surface area contributed by atoms with Crippen molar-refractivity contribution in [1.82, 2.24) is 0 Å². The van der Waals surface area contributed by atoms with E-state index in [1.165, 1.54) is 8.02 Å². The second-order valence-electron chi connectivity index (χ2n) is 0. The molecule has 0 spiro atoms. The van der Waals surface area contributed by atoms with Crippen LogP contribution in [0, 0.1) is 0 Å². The highest BCUT2D eigenvalue weighted by atomic mass is 79.9. The van der Waals surface area contributed by atoms with Gasteiger partial charge in [-0.1, -0.05) is 8.02 Å². The van der Waals surface area contributed by atoms with Crippen LogP contribution in [0.1, 0.15) is 0 Å². The van der Waals surface area contributed by atoms with Gasteiger partial charge in [-0.05, 0) is 0 Å². The molecule has 0 aliphatic heterocycles. The summed E-state index contributed by atoms with van der Waals surface area (Å²) >= 11 is 4.11. The quantitative estimate of drug-likeness (QED) is 0.557. The molecule has 0 rings (SSSR count). The molecule has 0 aromatic rings. The highest BCUT2D eigenvalue weighted by Gasteiger charge is 0.613. The van der Waals surface area contributed by atoms with E-state index in [0.717, 1.165) is 0 Å². The molecule has 0 saturated carbocycles. The molecule has 1 unspecified atom stereocenters. The highest BCUT2D eigenvalue weighted by molar-refractivity contribution is 8.93. The minimum absolute atomic E-state index is 0. The van der Waals surface area contributed by atoms with Crippen LogP contribution in [-0.2, 0) is 11.8 Å². The van der Waals surface area contributed by atoms with Crippen LogP contribution < -0.4 is 0 Å². The van der Waals surface area contributed by atoms with E-state index in [1.54, 1.807) is 0 Å². The topological polar surface area (TPSA) is 0 Å². The van der Waals surface area contributed by atoms with Crippen molar-refractivity contribution in [1.29, 1.82) is 0 Å². The molecule has 0 nitrogen and oxygen atoms in total. The third-order valence-corrected chi connectivity index (χ3v) is 0. The zero-order valence-corrected chi connectivity index (χ0v) is 7.92. The molecule has 0 fully saturated rings. The Balaban J connectivity index is -0.00000000167. The maximum atomic E-state index is 4.11. The van der Waals surface area contributed by atoms with E-state index in [0.29, 0.717) is 0 Å². The van der Waals surface area contributed by atoms with Gasteiger partial charge in [-0.3, -0.25) is 0 Å². The lowest BCUT2D eigenvalue weighted by atomic mass is 30.6. The average Bonchev–Trinajstić information content (AvgIpc) is 1.00. The molecule has 0 heterocycles. The van der Waals surface area contributed by atoms with E-state index in [9.17, 15) is 0 Å².